The van der Waals surface area contributed by atoms with Crippen LogP contribution < -0.4 is 0 Å². The van der Waals surface area contributed by atoms with E-state index < -0.39 is 55.9 Å². The van der Waals surface area contributed by atoms with Gasteiger partial charge in [-0.1, -0.05) is 0 Å². The van der Waals surface area contributed by atoms with Crippen molar-refractivity contribution in [3.05, 3.63) is 0 Å². The quantitative estimate of drug-likeness (QED) is 0.498. The van der Waals surface area contributed by atoms with Crippen LogP contribution in [0, 0.1) is 0 Å². The van der Waals surface area contributed by atoms with E-state index in [-0.39, 0.29) is 0 Å². The first-order valence-electron chi connectivity index (χ1n) is 5.50. The minimum Gasteiger partial charge on any atom is -0.397 e. The van der Waals surface area contributed by atoms with Crippen LogP contribution in [0.4, 0.5) is 65.9 Å². The van der Waals surface area contributed by atoms with Crippen molar-refractivity contribution in [3.63, 3.8) is 0 Å². The SMILES string of the molecule is OCC[Si](C(F)(F)C(F)(F)F)(C(F)(F)C(F)(F)F)C(F)(F)C(F)(F)F. The van der Waals surface area contributed by atoms with E-state index >= 15 is 0 Å². The Morgan fingerprint density at radius 3 is 0.800 bits per heavy atom. The topological polar surface area (TPSA) is 20.2 Å². The van der Waals surface area contributed by atoms with Crippen LogP contribution in [0.1, 0.15) is 0 Å². The molecule has 1 N–H and O–H groups in total. The molecule has 0 aliphatic heterocycles. The fourth-order valence-corrected chi connectivity index (χ4v) is 5.87. The molecule has 0 aliphatic rings. The Kier molecular flexibility index (Phi) is 5.88. The largest absolute Gasteiger partial charge is 0.449 e. The summed E-state index contributed by atoms with van der Waals surface area (Å²) >= 11 is 0. The first kappa shape index (κ1) is 24.1. The van der Waals surface area contributed by atoms with E-state index in [9.17, 15) is 65.9 Å². The van der Waals surface area contributed by atoms with Crippen LogP contribution in [0.3, 0.4) is 0 Å². The van der Waals surface area contributed by atoms with Gasteiger partial charge < -0.3 is 5.11 Å². The van der Waals surface area contributed by atoms with Gasteiger partial charge in [-0.3, -0.25) is 0 Å². The minimum atomic E-state index is -9.51. The molecule has 25 heavy (non-hydrogen) atoms. The lowest BCUT2D eigenvalue weighted by atomic mass is 10.6. The number of hydrogen-bond acceptors (Lipinski definition) is 1. The molecule has 17 heteroatoms. The monoisotopic (exact) mass is 430 g/mol. The zero-order chi connectivity index (χ0) is 20.9. The molecule has 0 unspecified atom stereocenters. The lowest BCUT2D eigenvalue weighted by molar-refractivity contribution is -0.304. The first-order chi connectivity index (χ1) is 10.6. The normalized spacial score (nSPS) is 16.3. The van der Waals surface area contributed by atoms with Gasteiger partial charge in [0.25, 0.3) is 0 Å². The predicted molar refractivity (Wildman–Crippen MR) is 50.7 cm³/mol. The van der Waals surface area contributed by atoms with Crippen LogP contribution in [0.5, 0.6) is 0 Å². The van der Waals surface area contributed by atoms with Crippen LogP contribution in [0.25, 0.3) is 0 Å². The average Bonchev–Trinajstić information content (AvgIpc) is 2.30. The summed E-state index contributed by atoms with van der Waals surface area (Å²) in [5.74, 6) is 0. The highest BCUT2D eigenvalue weighted by Gasteiger charge is 2.97. The number of halogens is 15. The molecule has 0 saturated carbocycles. The van der Waals surface area contributed by atoms with Crippen LogP contribution in [-0.2, 0) is 0 Å². The van der Waals surface area contributed by atoms with Crippen LogP contribution in [0.2, 0.25) is 6.04 Å². The maximum atomic E-state index is 13.4. The number of hydrogen-bond donors (Lipinski definition) is 1. The molecule has 0 amide bonds. The fourth-order valence-electron chi connectivity index (χ4n) is 1.96. The van der Waals surface area contributed by atoms with Crippen LogP contribution in [0.15, 0.2) is 0 Å². The molecule has 0 radical (unpaired) electrons. The molecule has 0 atom stereocenters. The highest BCUT2D eigenvalue weighted by molar-refractivity contribution is 6.87. The van der Waals surface area contributed by atoms with Gasteiger partial charge in [0.2, 0.25) is 0 Å². The second-order valence-corrected chi connectivity index (χ2v) is 8.79. The summed E-state index contributed by atoms with van der Waals surface area (Å²) in [7, 11) is -9.51. The van der Waals surface area contributed by atoms with Crippen molar-refractivity contribution < 1.29 is 71.0 Å². The van der Waals surface area contributed by atoms with Gasteiger partial charge >= 0.3 is 43.2 Å². The Morgan fingerprint density at radius 1 is 0.480 bits per heavy atom. The summed E-state index contributed by atoms with van der Waals surface area (Å²) in [4.78, 5) is 0. The molecule has 0 saturated heterocycles. The summed E-state index contributed by atoms with van der Waals surface area (Å²) in [6.07, 6.45) is -22.8. The molecule has 0 aromatic carbocycles. The van der Waals surface area contributed by atoms with Gasteiger partial charge in [-0.15, -0.1) is 0 Å². The summed E-state index contributed by atoms with van der Waals surface area (Å²) < 4.78 is 191. The first-order valence-corrected chi connectivity index (χ1v) is 7.71. The molecular weight excluding hydrogens is 425 g/mol. The van der Waals surface area contributed by atoms with Gasteiger partial charge in [0.05, 0.1) is 0 Å². The van der Waals surface area contributed by atoms with Crippen molar-refractivity contribution in [2.75, 3.05) is 6.61 Å². The lowest BCUT2D eigenvalue weighted by Crippen LogP contribution is -2.84. The van der Waals surface area contributed by atoms with Crippen LogP contribution in [-0.4, -0.2) is 55.0 Å². The van der Waals surface area contributed by atoms with E-state index in [1.807, 2.05) is 0 Å². The third-order valence-electron chi connectivity index (χ3n) is 3.16. The van der Waals surface area contributed by atoms with Gasteiger partial charge in [-0.2, -0.15) is 39.5 Å². The molecule has 152 valence electrons. The van der Waals surface area contributed by atoms with Crippen molar-refractivity contribution in [2.45, 2.75) is 41.2 Å². The molecule has 0 aliphatic carbocycles. The summed E-state index contributed by atoms with van der Waals surface area (Å²) in [6.45, 7) is -2.64. The van der Waals surface area contributed by atoms with Gasteiger partial charge in [0.15, 0.2) is 0 Å². The van der Waals surface area contributed by atoms with E-state index in [2.05, 4.69) is 0 Å². The van der Waals surface area contributed by atoms with Gasteiger partial charge in [0, 0.05) is 6.61 Å². The molecule has 0 heterocycles. The Hall–Kier alpha value is -0.873. The Balaban J connectivity index is 7.33. The van der Waals surface area contributed by atoms with Crippen molar-refractivity contribution in [1.29, 1.82) is 0 Å². The highest BCUT2D eigenvalue weighted by Crippen LogP contribution is 2.62. The highest BCUT2D eigenvalue weighted by atomic mass is 28.3. The number of rotatable bonds is 5. The molecular formula is C8H5F15OSi. The molecule has 0 rings (SSSR count). The zero-order valence-electron chi connectivity index (χ0n) is 11.0. The Labute approximate surface area is 128 Å². The van der Waals surface area contributed by atoms with E-state index in [1.54, 1.807) is 0 Å². The predicted octanol–water partition coefficient (Wildman–Crippen LogP) is 4.64. The lowest BCUT2D eigenvalue weighted by Gasteiger charge is -2.47. The van der Waals surface area contributed by atoms with E-state index in [4.69, 9.17) is 5.11 Å². The Morgan fingerprint density at radius 2 is 0.680 bits per heavy atom. The molecule has 0 aromatic heterocycles. The maximum Gasteiger partial charge on any atom is 0.449 e. The van der Waals surface area contributed by atoms with E-state index in [0.717, 1.165) is 0 Å². The number of aliphatic hydroxyl groups is 1. The van der Waals surface area contributed by atoms with Crippen molar-refractivity contribution in [1.82, 2.24) is 0 Å². The van der Waals surface area contributed by atoms with Gasteiger partial charge in [-0.25, -0.2) is 26.3 Å². The second-order valence-electron chi connectivity index (χ2n) is 4.60. The molecule has 0 spiro atoms. The zero-order valence-corrected chi connectivity index (χ0v) is 12.0. The van der Waals surface area contributed by atoms with Crippen molar-refractivity contribution >= 4 is 8.07 Å². The van der Waals surface area contributed by atoms with Gasteiger partial charge in [0.1, 0.15) is 0 Å². The van der Waals surface area contributed by atoms with E-state index in [1.165, 1.54) is 0 Å². The molecule has 0 aromatic rings. The summed E-state index contributed by atoms with van der Waals surface area (Å²) in [5.41, 5.74) is -23.3. The van der Waals surface area contributed by atoms with Gasteiger partial charge in [-0.05, 0) is 6.04 Å². The Bertz CT molecular complexity index is 407. The summed E-state index contributed by atoms with van der Waals surface area (Å²) in [6, 6.07) is -3.45. The molecule has 1 nitrogen and oxygen atoms in total. The minimum absolute atomic E-state index is 2.64. The standard InChI is InChI=1S/C8H5F15OSi/c9-3(10,11)6(18,19)25(2-1-24,7(20,21)4(12,13)14)8(22,23)5(15,16)17/h24H,1-2H2. The van der Waals surface area contributed by atoms with Crippen molar-refractivity contribution in [2.24, 2.45) is 0 Å². The van der Waals surface area contributed by atoms with Crippen LogP contribution >= 0.6 is 0 Å². The van der Waals surface area contributed by atoms with Crippen molar-refractivity contribution in [3.8, 4) is 0 Å². The molecule has 0 fully saturated rings. The fraction of sp³-hybridized carbons (Fsp3) is 1.00. The second kappa shape index (κ2) is 6.09. The summed E-state index contributed by atoms with van der Waals surface area (Å²) in [5, 5.41) is 8.22. The number of alkyl halides is 15. The third-order valence-corrected chi connectivity index (χ3v) is 8.20. The smallest absolute Gasteiger partial charge is 0.397 e. The maximum absolute atomic E-state index is 13.4. The molecule has 0 bridgehead atoms. The number of aliphatic hydroxyl groups excluding tert-OH is 1. The van der Waals surface area contributed by atoms with E-state index in [0.29, 0.717) is 0 Å². The third kappa shape index (κ3) is 3.16. The average molecular weight is 430 g/mol.